The predicted octanol–water partition coefficient (Wildman–Crippen LogP) is 23.9. The third kappa shape index (κ3) is 74.1. The number of hydrogen-bond acceptors (Lipinski definition) is 15. The molecule has 0 aromatic rings. The van der Waals surface area contributed by atoms with Gasteiger partial charge in [-0.25, -0.2) is 9.13 Å². The Morgan fingerprint density at radius 1 is 0.273 bits per heavy atom. The van der Waals surface area contributed by atoms with E-state index < -0.39 is 97.5 Å². The fourth-order valence-corrected chi connectivity index (χ4v) is 13.9. The molecule has 0 saturated heterocycles. The van der Waals surface area contributed by atoms with Gasteiger partial charge in [-0.3, -0.25) is 37.3 Å². The first-order valence-electron chi connectivity index (χ1n) is 41.5. The molecule has 17 nitrogen and oxygen atoms in total. The molecule has 99 heavy (non-hydrogen) atoms. The highest BCUT2D eigenvalue weighted by Crippen LogP contribution is 2.45. The first kappa shape index (κ1) is 97.1. The van der Waals surface area contributed by atoms with Gasteiger partial charge in [0.25, 0.3) is 0 Å². The van der Waals surface area contributed by atoms with Gasteiger partial charge in [0.05, 0.1) is 26.4 Å². The van der Waals surface area contributed by atoms with Crippen molar-refractivity contribution in [2.24, 2.45) is 11.8 Å². The van der Waals surface area contributed by atoms with E-state index in [1.807, 2.05) is 0 Å². The number of rotatable bonds is 79. The molecule has 0 aromatic carbocycles. The molecule has 0 spiro atoms. The molecule has 3 N–H and O–H groups in total. The fraction of sp³-hybridized carbons (Fsp3) is 0.950. The zero-order chi connectivity index (χ0) is 72.8. The zero-order valence-corrected chi connectivity index (χ0v) is 66.6. The number of hydrogen-bond donors (Lipinski definition) is 3. The van der Waals surface area contributed by atoms with Crippen LogP contribution in [-0.4, -0.2) is 96.7 Å². The summed E-state index contributed by atoms with van der Waals surface area (Å²) in [5.74, 6) is -0.742. The van der Waals surface area contributed by atoms with Crippen LogP contribution in [0.3, 0.4) is 0 Å². The van der Waals surface area contributed by atoms with Gasteiger partial charge in [0.15, 0.2) is 12.2 Å². The van der Waals surface area contributed by atoms with E-state index in [1.165, 1.54) is 231 Å². The molecule has 0 aliphatic heterocycles. The van der Waals surface area contributed by atoms with Gasteiger partial charge in [-0.15, -0.1) is 0 Å². The summed E-state index contributed by atoms with van der Waals surface area (Å²) >= 11 is 0. The molecule has 0 saturated carbocycles. The van der Waals surface area contributed by atoms with Gasteiger partial charge in [-0.2, -0.15) is 0 Å². The quantitative estimate of drug-likeness (QED) is 0.0222. The van der Waals surface area contributed by atoms with Crippen molar-refractivity contribution in [2.45, 2.75) is 439 Å². The summed E-state index contributed by atoms with van der Waals surface area (Å²) in [7, 11) is -9.91. The minimum absolute atomic E-state index is 0.103. The molecule has 0 aliphatic rings. The number of phosphoric ester groups is 2. The van der Waals surface area contributed by atoms with Crippen LogP contribution < -0.4 is 0 Å². The Morgan fingerprint density at radius 3 is 0.687 bits per heavy atom. The number of carbonyl (C=O) groups excluding carboxylic acids is 4. The topological polar surface area (TPSA) is 237 Å². The van der Waals surface area contributed by atoms with Crippen LogP contribution in [-0.2, 0) is 65.4 Å². The van der Waals surface area contributed by atoms with Crippen molar-refractivity contribution in [1.82, 2.24) is 0 Å². The van der Waals surface area contributed by atoms with Gasteiger partial charge in [-0.1, -0.05) is 369 Å². The van der Waals surface area contributed by atoms with Gasteiger partial charge in [0.1, 0.15) is 19.3 Å². The highest BCUT2D eigenvalue weighted by atomic mass is 31.2. The van der Waals surface area contributed by atoms with E-state index in [9.17, 15) is 43.2 Å². The lowest BCUT2D eigenvalue weighted by molar-refractivity contribution is -0.161. The summed E-state index contributed by atoms with van der Waals surface area (Å²) in [6.07, 6.45) is 61.6. The van der Waals surface area contributed by atoms with Crippen LogP contribution in [0.15, 0.2) is 0 Å². The van der Waals surface area contributed by atoms with Crippen LogP contribution >= 0.6 is 15.6 Å². The van der Waals surface area contributed by atoms with Crippen LogP contribution in [0.2, 0.25) is 0 Å². The molecule has 0 rings (SSSR count). The Hall–Kier alpha value is -1.94. The van der Waals surface area contributed by atoms with Crippen molar-refractivity contribution in [3.63, 3.8) is 0 Å². The van der Waals surface area contributed by atoms with Gasteiger partial charge in [0.2, 0.25) is 0 Å². The standard InChI is InChI=1S/C80H156O17P2/c1-7-9-11-13-15-17-19-21-23-25-27-29-31-33-35-37-39-43-50-56-62-77(82)90-68-75(96-79(84)64-58-52-44-40-38-36-34-32-30-28-26-24-22-20-18-16-14-12-10-8-2)70-94-98(86,87)92-66-74(81)67-93-99(88,89)95-71-76(69-91-78(83)63-57-51-47-46-49-55-61-73(5)6)97-80(85)65-59-53-45-41-42-48-54-60-72(3)4/h72-76,81H,7-71H2,1-6H3,(H,86,87)(H,88,89)/t74-,75-,76-/m1/s1. The van der Waals surface area contributed by atoms with Crippen LogP contribution in [0.25, 0.3) is 0 Å². The molecule has 0 heterocycles. The maximum absolute atomic E-state index is 13.1. The normalized spacial score (nSPS) is 13.9. The summed E-state index contributed by atoms with van der Waals surface area (Å²) in [6, 6.07) is 0. The molecule has 2 unspecified atom stereocenters. The first-order chi connectivity index (χ1) is 47.9. The van der Waals surface area contributed by atoms with Crippen molar-refractivity contribution in [2.75, 3.05) is 39.6 Å². The van der Waals surface area contributed by atoms with E-state index in [0.29, 0.717) is 37.5 Å². The summed E-state index contributed by atoms with van der Waals surface area (Å²) in [6.45, 7) is 9.47. The molecule has 0 bridgehead atoms. The van der Waals surface area contributed by atoms with Crippen LogP contribution in [0.5, 0.6) is 0 Å². The van der Waals surface area contributed by atoms with Crippen molar-refractivity contribution < 1.29 is 80.2 Å². The number of ether oxygens (including phenoxy) is 4. The van der Waals surface area contributed by atoms with Crippen LogP contribution in [0.1, 0.15) is 420 Å². The van der Waals surface area contributed by atoms with E-state index in [4.69, 9.17) is 37.0 Å². The number of aliphatic hydroxyl groups excluding tert-OH is 1. The second-order valence-electron chi connectivity index (χ2n) is 29.8. The molecule has 5 atom stereocenters. The lowest BCUT2D eigenvalue weighted by atomic mass is 10.0. The Bertz CT molecular complexity index is 1910. The molecule has 0 aliphatic carbocycles. The van der Waals surface area contributed by atoms with Crippen LogP contribution in [0, 0.1) is 11.8 Å². The number of aliphatic hydroxyl groups is 1. The minimum Gasteiger partial charge on any atom is -0.462 e. The highest BCUT2D eigenvalue weighted by Gasteiger charge is 2.30. The Balaban J connectivity index is 5.17. The molecule has 0 amide bonds. The fourth-order valence-electron chi connectivity index (χ4n) is 12.4. The summed E-state index contributed by atoms with van der Waals surface area (Å²) in [5.41, 5.74) is 0. The second kappa shape index (κ2) is 71.7. The van der Waals surface area contributed by atoms with Gasteiger partial charge >= 0.3 is 39.5 Å². The maximum Gasteiger partial charge on any atom is 0.472 e. The lowest BCUT2D eigenvalue weighted by Crippen LogP contribution is -2.30. The number of carbonyl (C=O) groups is 4. The number of esters is 4. The van der Waals surface area contributed by atoms with Crippen LogP contribution in [0.4, 0.5) is 0 Å². The zero-order valence-electron chi connectivity index (χ0n) is 64.8. The Kier molecular flexibility index (Phi) is 70.3. The molecule has 19 heteroatoms. The molecule has 588 valence electrons. The van der Waals surface area contributed by atoms with Crippen molar-refractivity contribution in [3.05, 3.63) is 0 Å². The third-order valence-corrected chi connectivity index (χ3v) is 20.6. The minimum atomic E-state index is -4.96. The first-order valence-corrected chi connectivity index (χ1v) is 44.5. The van der Waals surface area contributed by atoms with E-state index in [0.717, 1.165) is 96.3 Å². The smallest absolute Gasteiger partial charge is 0.462 e. The molecular weight excluding hydrogens is 1290 g/mol. The summed E-state index contributed by atoms with van der Waals surface area (Å²) < 4.78 is 68.6. The van der Waals surface area contributed by atoms with Gasteiger partial charge in [-0.05, 0) is 37.5 Å². The van der Waals surface area contributed by atoms with Gasteiger partial charge < -0.3 is 33.8 Å². The Labute approximate surface area is 607 Å². The van der Waals surface area contributed by atoms with E-state index in [1.54, 1.807) is 0 Å². The SMILES string of the molecule is CCCCCCCCCCCCCCCCCCCCCCC(=O)OC[C@H](COP(=O)(O)OC[C@@H](O)COP(=O)(O)OC[C@@H](COC(=O)CCCCCCCCC(C)C)OC(=O)CCCCCCCCCC(C)C)OC(=O)CCCCCCCCCCCCCCCCCCCCCC. The molecule has 0 aromatic heterocycles. The molecule has 0 fully saturated rings. The van der Waals surface area contributed by atoms with Crippen molar-refractivity contribution in [3.8, 4) is 0 Å². The average molecular weight is 1450 g/mol. The summed E-state index contributed by atoms with van der Waals surface area (Å²) in [5, 5.41) is 10.6. The molecule has 0 radical (unpaired) electrons. The average Bonchev–Trinajstić information content (AvgIpc) is 1.02. The highest BCUT2D eigenvalue weighted by molar-refractivity contribution is 7.47. The van der Waals surface area contributed by atoms with E-state index >= 15 is 0 Å². The monoisotopic (exact) mass is 1450 g/mol. The second-order valence-corrected chi connectivity index (χ2v) is 32.7. The predicted molar refractivity (Wildman–Crippen MR) is 405 cm³/mol. The number of unbranched alkanes of at least 4 members (excludes halogenated alkanes) is 49. The lowest BCUT2D eigenvalue weighted by Gasteiger charge is -2.21. The van der Waals surface area contributed by atoms with Crippen molar-refractivity contribution in [1.29, 1.82) is 0 Å². The largest absolute Gasteiger partial charge is 0.472 e. The Morgan fingerprint density at radius 2 is 0.465 bits per heavy atom. The third-order valence-electron chi connectivity index (χ3n) is 18.7. The van der Waals surface area contributed by atoms with E-state index in [2.05, 4.69) is 41.5 Å². The summed E-state index contributed by atoms with van der Waals surface area (Å²) in [4.78, 5) is 72.8. The number of phosphoric acid groups is 2. The maximum atomic E-state index is 13.1. The molecular formula is C80H156O17P2. The van der Waals surface area contributed by atoms with E-state index in [-0.39, 0.29) is 25.7 Å². The van der Waals surface area contributed by atoms with Crippen molar-refractivity contribution >= 4 is 39.5 Å². The van der Waals surface area contributed by atoms with Gasteiger partial charge in [0, 0.05) is 25.7 Å².